The summed E-state index contributed by atoms with van der Waals surface area (Å²) >= 11 is 0. The van der Waals surface area contributed by atoms with Crippen LogP contribution in [0.15, 0.2) is 18.2 Å². The molecule has 0 bridgehead atoms. The van der Waals surface area contributed by atoms with E-state index in [1.165, 1.54) is 6.07 Å². The van der Waals surface area contributed by atoms with E-state index in [0.717, 1.165) is 19.4 Å². The molecule has 1 aliphatic rings. The summed E-state index contributed by atoms with van der Waals surface area (Å²) in [6, 6.07) is 5.03. The Kier molecular flexibility index (Phi) is 4.63. The number of nitrogens with one attached hydrogen (secondary N) is 1. The molecule has 1 saturated carbocycles. The number of hydrogen-bond donors (Lipinski definition) is 1. The maximum absolute atomic E-state index is 13.9. The van der Waals surface area contributed by atoms with Crippen LogP contribution in [0.5, 0.6) is 0 Å². The van der Waals surface area contributed by atoms with Crippen molar-refractivity contribution in [3.8, 4) is 0 Å². The average molecular weight is 278 g/mol. The minimum absolute atomic E-state index is 0.0587. The first-order valence-electron chi connectivity index (χ1n) is 7.38. The van der Waals surface area contributed by atoms with Crippen LogP contribution in [0.2, 0.25) is 0 Å². The van der Waals surface area contributed by atoms with Crippen LogP contribution < -0.4 is 5.32 Å². The highest BCUT2D eigenvalue weighted by Gasteiger charge is 2.34. The molecule has 0 radical (unpaired) electrons. The van der Waals surface area contributed by atoms with Gasteiger partial charge in [0.05, 0.1) is 11.3 Å². The van der Waals surface area contributed by atoms with Gasteiger partial charge in [0, 0.05) is 19.1 Å². The predicted octanol–water partition coefficient (Wildman–Crippen LogP) is 3.52. The largest absolute Gasteiger partial charge is 0.382 e. The molecule has 0 atom stereocenters. The minimum atomic E-state index is -0.363. The SMILES string of the molecule is CCNc1c(F)cccc1C(=O)N(CC(C)C)C1CC1. The van der Waals surface area contributed by atoms with Crippen molar-refractivity contribution < 1.29 is 9.18 Å². The normalized spacial score (nSPS) is 14.4. The van der Waals surface area contributed by atoms with E-state index >= 15 is 0 Å². The number of rotatable bonds is 6. The molecule has 2 rings (SSSR count). The van der Waals surface area contributed by atoms with Gasteiger partial charge in [0.25, 0.3) is 5.91 Å². The molecular formula is C16H23FN2O. The molecule has 0 aliphatic heterocycles. The first kappa shape index (κ1) is 14.8. The molecule has 1 fully saturated rings. The summed E-state index contributed by atoms with van der Waals surface area (Å²) in [5.41, 5.74) is 0.772. The van der Waals surface area contributed by atoms with Gasteiger partial charge in [-0.3, -0.25) is 4.79 Å². The Hall–Kier alpha value is -1.58. The zero-order chi connectivity index (χ0) is 14.7. The molecule has 0 unspecified atom stereocenters. The third-order valence-electron chi connectivity index (χ3n) is 3.41. The third kappa shape index (κ3) is 3.30. The molecule has 1 aromatic carbocycles. The van der Waals surface area contributed by atoms with E-state index in [1.54, 1.807) is 12.1 Å². The van der Waals surface area contributed by atoms with Crippen LogP contribution in [-0.2, 0) is 0 Å². The van der Waals surface area contributed by atoms with E-state index in [4.69, 9.17) is 0 Å². The maximum atomic E-state index is 13.9. The fraction of sp³-hybridized carbons (Fsp3) is 0.562. The lowest BCUT2D eigenvalue weighted by Crippen LogP contribution is -2.36. The molecule has 4 heteroatoms. The van der Waals surface area contributed by atoms with Gasteiger partial charge >= 0.3 is 0 Å². The lowest BCUT2D eigenvalue weighted by atomic mass is 10.1. The van der Waals surface area contributed by atoms with Crippen molar-refractivity contribution in [3.63, 3.8) is 0 Å². The zero-order valence-electron chi connectivity index (χ0n) is 12.4. The van der Waals surface area contributed by atoms with Gasteiger partial charge in [0.15, 0.2) is 0 Å². The fourth-order valence-electron chi connectivity index (χ4n) is 2.39. The summed E-state index contributed by atoms with van der Waals surface area (Å²) in [6.45, 7) is 7.41. The summed E-state index contributed by atoms with van der Waals surface area (Å²) in [4.78, 5) is 14.6. The van der Waals surface area contributed by atoms with Crippen molar-refractivity contribution in [2.75, 3.05) is 18.4 Å². The van der Waals surface area contributed by atoms with E-state index in [-0.39, 0.29) is 11.7 Å². The highest BCUT2D eigenvalue weighted by atomic mass is 19.1. The Morgan fingerprint density at radius 1 is 1.45 bits per heavy atom. The van der Waals surface area contributed by atoms with Crippen LogP contribution in [0.1, 0.15) is 44.0 Å². The molecular weight excluding hydrogens is 255 g/mol. The van der Waals surface area contributed by atoms with E-state index in [1.807, 2.05) is 11.8 Å². The second-order valence-electron chi connectivity index (χ2n) is 5.78. The lowest BCUT2D eigenvalue weighted by Gasteiger charge is -2.25. The third-order valence-corrected chi connectivity index (χ3v) is 3.41. The molecule has 0 heterocycles. The van der Waals surface area contributed by atoms with Gasteiger partial charge in [0.1, 0.15) is 5.82 Å². The summed E-state index contributed by atoms with van der Waals surface area (Å²) in [5, 5.41) is 2.97. The first-order chi connectivity index (χ1) is 9.54. The molecule has 110 valence electrons. The standard InChI is InChI=1S/C16H23FN2O/c1-4-18-15-13(6-5-7-14(15)17)16(20)19(10-11(2)3)12-8-9-12/h5-7,11-12,18H,4,8-10H2,1-3H3. The number of carbonyl (C=O) groups is 1. The van der Waals surface area contributed by atoms with Crippen LogP contribution in [0, 0.1) is 11.7 Å². The summed E-state index contributed by atoms with van der Waals surface area (Å²) < 4.78 is 13.9. The Labute approximate surface area is 120 Å². The van der Waals surface area contributed by atoms with Gasteiger partial charge in [-0.15, -0.1) is 0 Å². The minimum Gasteiger partial charge on any atom is -0.382 e. The molecule has 0 aromatic heterocycles. The highest BCUT2D eigenvalue weighted by Crippen LogP contribution is 2.31. The summed E-state index contributed by atoms with van der Waals surface area (Å²) in [6.07, 6.45) is 2.12. The molecule has 0 saturated heterocycles. The molecule has 1 aliphatic carbocycles. The number of para-hydroxylation sites is 1. The van der Waals surface area contributed by atoms with Gasteiger partial charge in [-0.05, 0) is 37.8 Å². The first-order valence-corrected chi connectivity index (χ1v) is 7.38. The van der Waals surface area contributed by atoms with Crippen LogP contribution in [0.4, 0.5) is 10.1 Å². The van der Waals surface area contributed by atoms with Crippen molar-refractivity contribution in [2.24, 2.45) is 5.92 Å². The Bertz CT molecular complexity index is 483. The van der Waals surface area contributed by atoms with E-state index in [9.17, 15) is 9.18 Å². The van der Waals surface area contributed by atoms with Crippen LogP contribution in [0.25, 0.3) is 0 Å². The number of hydrogen-bond acceptors (Lipinski definition) is 2. The second kappa shape index (κ2) is 6.25. The second-order valence-corrected chi connectivity index (χ2v) is 5.78. The Morgan fingerprint density at radius 3 is 2.70 bits per heavy atom. The monoisotopic (exact) mass is 278 g/mol. The van der Waals surface area contributed by atoms with Gasteiger partial charge in [-0.2, -0.15) is 0 Å². The number of carbonyl (C=O) groups excluding carboxylic acids is 1. The Balaban J connectivity index is 2.28. The quantitative estimate of drug-likeness (QED) is 0.863. The van der Waals surface area contributed by atoms with Gasteiger partial charge in [-0.25, -0.2) is 4.39 Å². The smallest absolute Gasteiger partial charge is 0.256 e. The number of anilines is 1. The highest BCUT2D eigenvalue weighted by molar-refractivity contribution is 6.00. The van der Waals surface area contributed by atoms with Crippen molar-refractivity contribution >= 4 is 11.6 Å². The number of amides is 1. The molecule has 20 heavy (non-hydrogen) atoms. The lowest BCUT2D eigenvalue weighted by molar-refractivity contribution is 0.0723. The molecule has 1 N–H and O–H groups in total. The predicted molar refractivity (Wildman–Crippen MR) is 79.5 cm³/mol. The number of benzene rings is 1. The Morgan fingerprint density at radius 2 is 2.15 bits per heavy atom. The summed E-state index contributed by atoms with van der Waals surface area (Å²) in [7, 11) is 0. The maximum Gasteiger partial charge on any atom is 0.256 e. The van der Waals surface area contributed by atoms with Crippen LogP contribution >= 0.6 is 0 Å². The van der Waals surface area contributed by atoms with Crippen LogP contribution in [0.3, 0.4) is 0 Å². The van der Waals surface area contributed by atoms with Crippen molar-refractivity contribution in [2.45, 2.75) is 39.7 Å². The van der Waals surface area contributed by atoms with Crippen molar-refractivity contribution in [3.05, 3.63) is 29.6 Å². The summed E-state index contributed by atoms with van der Waals surface area (Å²) in [5.74, 6) is -0.00895. The van der Waals surface area contributed by atoms with E-state index < -0.39 is 0 Å². The van der Waals surface area contributed by atoms with Gasteiger partial charge < -0.3 is 10.2 Å². The molecule has 0 spiro atoms. The fourth-order valence-corrected chi connectivity index (χ4v) is 2.39. The van der Waals surface area contributed by atoms with Crippen molar-refractivity contribution in [1.29, 1.82) is 0 Å². The molecule has 1 amide bonds. The number of halogens is 1. The molecule has 1 aromatic rings. The zero-order valence-corrected chi connectivity index (χ0v) is 12.4. The van der Waals surface area contributed by atoms with E-state index in [2.05, 4.69) is 19.2 Å². The average Bonchev–Trinajstić information content (AvgIpc) is 3.22. The van der Waals surface area contributed by atoms with Crippen LogP contribution in [-0.4, -0.2) is 29.9 Å². The van der Waals surface area contributed by atoms with E-state index in [0.29, 0.717) is 29.8 Å². The van der Waals surface area contributed by atoms with Gasteiger partial charge in [-0.1, -0.05) is 19.9 Å². The number of nitrogens with zero attached hydrogens (tertiary/aromatic N) is 1. The topological polar surface area (TPSA) is 32.3 Å². The van der Waals surface area contributed by atoms with Crippen molar-refractivity contribution in [1.82, 2.24) is 4.90 Å². The van der Waals surface area contributed by atoms with Gasteiger partial charge in [0.2, 0.25) is 0 Å². The molecule has 3 nitrogen and oxygen atoms in total.